The lowest BCUT2D eigenvalue weighted by atomic mass is 10.2. The first-order valence-corrected chi connectivity index (χ1v) is 7.12. The number of morpholine rings is 1. The van der Waals surface area contributed by atoms with Gasteiger partial charge in [-0.15, -0.1) is 0 Å². The van der Waals surface area contributed by atoms with Crippen LogP contribution in [0.1, 0.15) is 10.4 Å². The molecular weight excluding hydrogens is 298 g/mol. The van der Waals surface area contributed by atoms with Crippen molar-refractivity contribution < 1.29 is 14.3 Å². The topological polar surface area (TPSA) is 91.5 Å². The number of benzene rings is 1. The minimum Gasteiger partial charge on any atom is -0.370 e. The zero-order valence-electron chi connectivity index (χ0n) is 12.2. The molecule has 0 saturated carbocycles. The van der Waals surface area contributed by atoms with Crippen LogP contribution in [0.3, 0.4) is 0 Å². The van der Waals surface area contributed by atoms with E-state index in [1.807, 2.05) is 0 Å². The molecule has 2 N–H and O–H groups in total. The molecule has 23 heavy (non-hydrogen) atoms. The summed E-state index contributed by atoms with van der Waals surface area (Å²) in [5.74, 6) is -0.405. The quantitative estimate of drug-likeness (QED) is 0.884. The van der Waals surface area contributed by atoms with E-state index in [4.69, 9.17) is 4.74 Å². The molecule has 118 valence electrons. The Morgan fingerprint density at radius 1 is 1.13 bits per heavy atom. The van der Waals surface area contributed by atoms with Crippen LogP contribution in [0.25, 0.3) is 0 Å². The molecule has 7 heteroatoms. The van der Waals surface area contributed by atoms with Gasteiger partial charge in [0.2, 0.25) is 5.56 Å². The number of rotatable bonds is 3. The van der Waals surface area contributed by atoms with Gasteiger partial charge in [-0.3, -0.25) is 14.4 Å². The molecule has 3 rings (SSSR count). The molecule has 7 nitrogen and oxygen atoms in total. The highest BCUT2D eigenvalue weighted by Crippen LogP contribution is 2.20. The second-order valence-electron chi connectivity index (χ2n) is 5.04. The number of amides is 2. The van der Waals surface area contributed by atoms with Crippen LogP contribution in [0.4, 0.5) is 11.4 Å². The van der Waals surface area contributed by atoms with Gasteiger partial charge in [0.25, 0.3) is 11.8 Å². The van der Waals surface area contributed by atoms with E-state index in [2.05, 4.69) is 10.3 Å². The van der Waals surface area contributed by atoms with Gasteiger partial charge in [0, 0.05) is 30.2 Å². The lowest BCUT2D eigenvalue weighted by Gasteiger charge is -2.26. The van der Waals surface area contributed by atoms with Crippen molar-refractivity contribution in [1.82, 2.24) is 4.98 Å². The number of nitrogens with one attached hydrogen (secondary N) is 2. The Bertz CT molecular complexity index is 762. The van der Waals surface area contributed by atoms with Crippen molar-refractivity contribution in [2.45, 2.75) is 0 Å². The normalized spacial score (nSPS) is 14.6. The number of carbonyl (C=O) groups excluding carboxylic acids is 2. The summed E-state index contributed by atoms with van der Waals surface area (Å²) in [4.78, 5) is 38.9. The molecule has 2 heterocycles. The number of carbonyl (C=O) groups is 2. The molecule has 1 fully saturated rings. The highest BCUT2D eigenvalue weighted by atomic mass is 16.5. The Morgan fingerprint density at radius 2 is 1.91 bits per heavy atom. The van der Waals surface area contributed by atoms with Gasteiger partial charge in [-0.1, -0.05) is 0 Å². The van der Waals surface area contributed by atoms with E-state index in [1.54, 1.807) is 29.2 Å². The summed E-state index contributed by atoms with van der Waals surface area (Å²) in [5.41, 5.74) is 1.46. The molecule has 1 aliphatic rings. The molecule has 0 spiro atoms. The van der Waals surface area contributed by atoms with Crippen molar-refractivity contribution in [2.24, 2.45) is 0 Å². The highest BCUT2D eigenvalue weighted by Gasteiger charge is 2.19. The van der Waals surface area contributed by atoms with Crippen molar-refractivity contribution in [3.05, 3.63) is 58.5 Å². The van der Waals surface area contributed by atoms with E-state index in [-0.39, 0.29) is 24.0 Å². The van der Waals surface area contributed by atoms with Gasteiger partial charge < -0.3 is 19.9 Å². The van der Waals surface area contributed by atoms with Crippen LogP contribution in [-0.2, 0) is 9.53 Å². The molecular formula is C16H15N3O4. The van der Waals surface area contributed by atoms with Crippen LogP contribution in [-0.4, -0.2) is 36.6 Å². The third kappa shape index (κ3) is 3.46. The number of H-pyrrole nitrogens is 1. The Hall–Kier alpha value is -2.93. The van der Waals surface area contributed by atoms with Gasteiger partial charge in [0.05, 0.1) is 12.2 Å². The third-order valence-electron chi connectivity index (χ3n) is 3.47. The van der Waals surface area contributed by atoms with Crippen LogP contribution in [0.2, 0.25) is 0 Å². The molecule has 2 aromatic rings. The van der Waals surface area contributed by atoms with E-state index in [0.717, 1.165) is 5.69 Å². The standard InChI is InChI=1S/C16H15N3O4/c20-14-6-1-11(9-17-14)16(22)18-12-2-4-13(5-3-12)19-7-8-23-10-15(19)21/h1-6,9H,7-8,10H2,(H,17,20)(H,18,22). The summed E-state index contributed by atoms with van der Waals surface area (Å²) in [6.45, 7) is 1.11. The average Bonchev–Trinajstić information content (AvgIpc) is 2.57. The Morgan fingerprint density at radius 3 is 2.57 bits per heavy atom. The first kappa shape index (κ1) is 15.0. The molecule has 0 atom stereocenters. The van der Waals surface area contributed by atoms with Crippen molar-refractivity contribution in [2.75, 3.05) is 30.0 Å². The van der Waals surface area contributed by atoms with Crippen molar-refractivity contribution in [1.29, 1.82) is 0 Å². The Kier molecular flexibility index (Phi) is 4.20. The number of hydrogen-bond acceptors (Lipinski definition) is 4. The second-order valence-corrected chi connectivity index (χ2v) is 5.04. The van der Waals surface area contributed by atoms with Gasteiger partial charge in [-0.25, -0.2) is 0 Å². The Labute approximate surface area is 131 Å². The Balaban J connectivity index is 1.69. The molecule has 2 amide bonds. The van der Waals surface area contributed by atoms with Crippen molar-refractivity contribution in [3.63, 3.8) is 0 Å². The lowest BCUT2D eigenvalue weighted by molar-refractivity contribution is -0.125. The summed E-state index contributed by atoms with van der Waals surface area (Å²) in [6.07, 6.45) is 1.36. The van der Waals surface area contributed by atoms with Crippen LogP contribution in [0.5, 0.6) is 0 Å². The number of hydrogen-bond donors (Lipinski definition) is 2. The van der Waals surface area contributed by atoms with Crippen LogP contribution in [0, 0.1) is 0 Å². The number of nitrogens with zero attached hydrogens (tertiary/aromatic N) is 1. The highest BCUT2D eigenvalue weighted by molar-refractivity contribution is 6.04. The molecule has 1 saturated heterocycles. The second kappa shape index (κ2) is 6.45. The SMILES string of the molecule is O=C(Nc1ccc(N2CCOCC2=O)cc1)c1ccc(=O)[nH]c1. The molecule has 0 unspecified atom stereocenters. The summed E-state index contributed by atoms with van der Waals surface area (Å²) < 4.78 is 5.09. The summed E-state index contributed by atoms with van der Waals surface area (Å²) >= 11 is 0. The van der Waals surface area contributed by atoms with E-state index in [1.165, 1.54) is 18.3 Å². The molecule has 1 aromatic carbocycles. The maximum atomic E-state index is 12.0. The third-order valence-corrected chi connectivity index (χ3v) is 3.47. The fraction of sp³-hybridized carbons (Fsp3) is 0.188. The summed E-state index contributed by atoms with van der Waals surface area (Å²) in [6, 6.07) is 9.73. The molecule has 1 aliphatic heterocycles. The monoisotopic (exact) mass is 313 g/mol. The van der Waals surface area contributed by atoms with Crippen molar-refractivity contribution in [3.8, 4) is 0 Å². The molecule has 0 bridgehead atoms. The molecule has 1 aromatic heterocycles. The van der Waals surface area contributed by atoms with Gasteiger partial charge >= 0.3 is 0 Å². The predicted octanol–water partition coefficient (Wildman–Crippen LogP) is 0.990. The zero-order valence-corrected chi connectivity index (χ0v) is 12.2. The maximum absolute atomic E-state index is 12.0. The van der Waals surface area contributed by atoms with E-state index >= 15 is 0 Å². The first-order valence-electron chi connectivity index (χ1n) is 7.12. The zero-order chi connectivity index (χ0) is 16.2. The fourth-order valence-corrected chi connectivity index (χ4v) is 2.27. The van der Waals surface area contributed by atoms with Gasteiger partial charge in [0.1, 0.15) is 6.61 Å². The number of ether oxygens (including phenoxy) is 1. The largest absolute Gasteiger partial charge is 0.370 e. The average molecular weight is 313 g/mol. The minimum atomic E-state index is -0.323. The van der Waals surface area contributed by atoms with Gasteiger partial charge in [0.15, 0.2) is 0 Å². The fourth-order valence-electron chi connectivity index (χ4n) is 2.27. The van der Waals surface area contributed by atoms with Gasteiger partial charge in [-0.05, 0) is 30.3 Å². The maximum Gasteiger partial charge on any atom is 0.257 e. The number of aromatic nitrogens is 1. The van der Waals surface area contributed by atoms with E-state index < -0.39 is 0 Å². The smallest absolute Gasteiger partial charge is 0.257 e. The first-order chi connectivity index (χ1) is 11.1. The predicted molar refractivity (Wildman–Crippen MR) is 84.6 cm³/mol. The van der Waals surface area contributed by atoms with Crippen LogP contribution >= 0.6 is 0 Å². The number of anilines is 2. The lowest BCUT2D eigenvalue weighted by Crippen LogP contribution is -2.41. The van der Waals surface area contributed by atoms with Gasteiger partial charge in [-0.2, -0.15) is 0 Å². The number of aromatic amines is 1. The van der Waals surface area contributed by atoms with E-state index in [9.17, 15) is 14.4 Å². The summed E-state index contributed by atoms with van der Waals surface area (Å²) in [7, 11) is 0. The van der Waals surface area contributed by atoms with Crippen LogP contribution in [0.15, 0.2) is 47.4 Å². The van der Waals surface area contributed by atoms with Crippen LogP contribution < -0.4 is 15.8 Å². The summed E-state index contributed by atoms with van der Waals surface area (Å²) in [5, 5.41) is 2.73. The van der Waals surface area contributed by atoms with E-state index in [0.29, 0.717) is 24.4 Å². The van der Waals surface area contributed by atoms with Crippen molar-refractivity contribution >= 4 is 23.2 Å². The molecule has 0 aliphatic carbocycles. The molecule has 0 radical (unpaired) electrons. The number of pyridine rings is 1. The minimum absolute atomic E-state index is 0.0822.